The Morgan fingerprint density at radius 3 is 2.63 bits per heavy atom. The number of phenolic OH excluding ortho intramolecular Hbond substituents is 1. The lowest BCUT2D eigenvalue weighted by Crippen LogP contribution is -2.31. The van der Waals surface area contributed by atoms with Crippen LogP contribution in [0.3, 0.4) is 0 Å². The third-order valence-electron chi connectivity index (χ3n) is 6.46. The van der Waals surface area contributed by atoms with Crippen molar-refractivity contribution in [3.63, 3.8) is 0 Å². The fourth-order valence-corrected chi connectivity index (χ4v) is 4.91. The van der Waals surface area contributed by atoms with E-state index in [4.69, 9.17) is 21.1 Å². The number of aliphatic hydroxyl groups excluding tert-OH is 1. The molecule has 8 nitrogen and oxygen atoms in total. The first kappa shape index (κ1) is 25.6. The van der Waals surface area contributed by atoms with E-state index in [1.54, 1.807) is 17.0 Å². The molecule has 1 aliphatic rings. The van der Waals surface area contributed by atoms with Gasteiger partial charge in [-0.15, -0.1) is 0 Å². The molecule has 1 aliphatic heterocycles. The highest BCUT2D eigenvalue weighted by Gasteiger charge is 2.42. The Morgan fingerprint density at radius 2 is 1.87 bits per heavy atom. The number of rotatable bonds is 10. The van der Waals surface area contributed by atoms with E-state index in [1.165, 1.54) is 6.07 Å². The largest absolute Gasteiger partial charge is 0.507 e. The lowest BCUT2D eigenvalue weighted by molar-refractivity contribution is 0.0732. The molecular weight excluding hydrogens is 506 g/mol. The van der Waals surface area contributed by atoms with Gasteiger partial charge in [-0.2, -0.15) is 5.10 Å². The summed E-state index contributed by atoms with van der Waals surface area (Å²) in [5.74, 6) is 0.912. The maximum Gasteiger partial charge on any atom is 0.273 e. The van der Waals surface area contributed by atoms with Crippen molar-refractivity contribution in [3.8, 4) is 28.5 Å². The van der Waals surface area contributed by atoms with Crippen LogP contribution in [0.25, 0.3) is 11.3 Å². The van der Waals surface area contributed by atoms with E-state index < -0.39 is 6.04 Å². The van der Waals surface area contributed by atoms with Gasteiger partial charge in [0.2, 0.25) is 0 Å². The zero-order valence-corrected chi connectivity index (χ0v) is 21.6. The number of fused-ring (bicyclic) bond motifs is 1. The summed E-state index contributed by atoms with van der Waals surface area (Å²) in [5.41, 5.74) is 3.65. The van der Waals surface area contributed by atoms with Crippen LogP contribution in [0.15, 0.2) is 66.7 Å². The van der Waals surface area contributed by atoms with Crippen LogP contribution >= 0.6 is 11.6 Å². The Bertz CT molecular complexity index is 1440. The first-order valence-corrected chi connectivity index (χ1v) is 12.8. The fraction of sp³-hybridized carbons (Fsp3) is 0.241. The monoisotopic (exact) mass is 533 g/mol. The smallest absolute Gasteiger partial charge is 0.273 e. The predicted octanol–water partition coefficient (Wildman–Crippen LogP) is 5.34. The van der Waals surface area contributed by atoms with Gasteiger partial charge in [0.25, 0.3) is 5.91 Å². The number of aromatic amines is 1. The Hall–Kier alpha value is -4.01. The minimum Gasteiger partial charge on any atom is -0.507 e. The molecule has 9 heteroatoms. The number of ether oxygens (including phenoxy) is 2. The van der Waals surface area contributed by atoms with Crippen molar-refractivity contribution in [2.24, 2.45) is 0 Å². The van der Waals surface area contributed by atoms with E-state index in [2.05, 4.69) is 10.2 Å². The topological polar surface area (TPSA) is 108 Å². The van der Waals surface area contributed by atoms with E-state index in [9.17, 15) is 15.0 Å². The summed E-state index contributed by atoms with van der Waals surface area (Å²) in [4.78, 5) is 15.1. The van der Waals surface area contributed by atoms with Crippen LogP contribution in [0.1, 0.15) is 46.6 Å². The van der Waals surface area contributed by atoms with Gasteiger partial charge in [0, 0.05) is 29.3 Å². The summed E-state index contributed by atoms with van der Waals surface area (Å²) in [6, 6.07) is 19.7. The quantitative estimate of drug-likeness (QED) is 0.254. The lowest BCUT2D eigenvalue weighted by Gasteiger charge is -2.27. The van der Waals surface area contributed by atoms with Crippen molar-refractivity contribution in [3.05, 3.63) is 94.1 Å². The molecule has 3 aromatic carbocycles. The minimum atomic E-state index is -0.529. The molecule has 5 rings (SSSR count). The third kappa shape index (κ3) is 4.92. The second kappa shape index (κ2) is 11.2. The molecule has 38 heavy (non-hydrogen) atoms. The van der Waals surface area contributed by atoms with Crippen LogP contribution in [0.2, 0.25) is 5.02 Å². The average Bonchev–Trinajstić information content (AvgIpc) is 3.47. The molecule has 1 aromatic heterocycles. The average molecular weight is 534 g/mol. The number of hydrogen-bond acceptors (Lipinski definition) is 6. The number of amides is 1. The molecule has 1 amide bonds. The predicted molar refractivity (Wildman–Crippen MR) is 144 cm³/mol. The van der Waals surface area contributed by atoms with Crippen molar-refractivity contribution < 1.29 is 24.5 Å². The summed E-state index contributed by atoms with van der Waals surface area (Å²) >= 11 is 6.23. The second-order valence-corrected chi connectivity index (χ2v) is 9.35. The molecule has 0 spiro atoms. The van der Waals surface area contributed by atoms with Gasteiger partial charge in [-0.05, 0) is 54.8 Å². The molecule has 2 heterocycles. The van der Waals surface area contributed by atoms with E-state index in [0.29, 0.717) is 65.2 Å². The van der Waals surface area contributed by atoms with Crippen molar-refractivity contribution in [1.29, 1.82) is 0 Å². The van der Waals surface area contributed by atoms with Gasteiger partial charge in [0.15, 0.2) is 11.5 Å². The SMILES string of the molecule is CCOc1cc(C2c3c(-c4cc(Cl)ccc4O)n[nH]c3C(=O)N2CCCO)ccc1OCc1ccccc1. The molecule has 0 radical (unpaired) electrons. The highest BCUT2D eigenvalue weighted by Crippen LogP contribution is 2.46. The summed E-state index contributed by atoms with van der Waals surface area (Å²) < 4.78 is 12.0. The number of benzene rings is 3. The molecule has 4 aromatic rings. The number of phenols is 1. The number of hydrogen-bond donors (Lipinski definition) is 3. The summed E-state index contributed by atoms with van der Waals surface area (Å²) in [5, 5.41) is 27.8. The van der Waals surface area contributed by atoms with Gasteiger partial charge in [0.1, 0.15) is 23.7 Å². The Morgan fingerprint density at radius 1 is 1.05 bits per heavy atom. The molecule has 3 N–H and O–H groups in total. The second-order valence-electron chi connectivity index (χ2n) is 8.91. The van der Waals surface area contributed by atoms with Crippen LogP contribution in [0, 0.1) is 0 Å². The van der Waals surface area contributed by atoms with Crippen LogP contribution in [-0.4, -0.2) is 51.0 Å². The van der Waals surface area contributed by atoms with E-state index in [0.717, 1.165) is 11.1 Å². The fourth-order valence-electron chi connectivity index (χ4n) is 4.74. The maximum atomic E-state index is 13.4. The zero-order valence-electron chi connectivity index (χ0n) is 20.9. The number of nitrogens with zero attached hydrogens (tertiary/aromatic N) is 2. The normalized spacial score (nSPS) is 14.6. The molecule has 0 bridgehead atoms. The van der Waals surface area contributed by atoms with E-state index in [1.807, 2.05) is 55.5 Å². The molecule has 0 fully saturated rings. The standard InChI is InChI=1S/C29H28ClN3O5/c1-2-37-24-15-19(9-12-23(24)38-17-18-7-4-3-5-8-18)28-25-26(21-16-20(30)10-11-22(21)35)31-32-27(25)29(36)33(28)13-6-14-34/h3-5,7-12,15-16,28,34-35H,2,6,13-14,17H2,1H3,(H,31,32). The van der Waals surface area contributed by atoms with Crippen LogP contribution in [-0.2, 0) is 6.61 Å². The summed E-state index contributed by atoms with van der Waals surface area (Å²) in [6.45, 7) is 2.99. The number of aromatic nitrogens is 2. The molecule has 1 unspecified atom stereocenters. The van der Waals surface area contributed by atoms with Crippen LogP contribution < -0.4 is 9.47 Å². The highest BCUT2D eigenvalue weighted by atomic mass is 35.5. The molecule has 196 valence electrons. The van der Waals surface area contributed by atoms with E-state index in [-0.39, 0.29) is 18.3 Å². The van der Waals surface area contributed by atoms with Gasteiger partial charge in [-0.25, -0.2) is 0 Å². The summed E-state index contributed by atoms with van der Waals surface area (Å²) in [7, 11) is 0. The Labute approximate surface area is 225 Å². The summed E-state index contributed by atoms with van der Waals surface area (Å²) in [6.07, 6.45) is 0.411. The zero-order chi connectivity index (χ0) is 26.6. The Kier molecular flexibility index (Phi) is 7.53. The lowest BCUT2D eigenvalue weighted by atomic mass is 9.95. The third-order valence-corrected chi connectivity index (χ3v) is 6.69. The highest BCUT2D eigenvalue weighted by molar-refractivity contribution is 6.31. The van der Waals surface area contributed by atoms with Gasteiger partial charge in [-0.1, -0.05) is 48.0 Å². The number of carbonyl (C=O) groups excluding carboxylic acids is 1. The number of aliphatic hydroxyl groups is 1. The van der Waals surface area contributed by atoms with Crippen molar-refractivity contribution in [2.75, 3.05) is 19.8 Å². The van der Waals surface area contributed by atoms with Gasteiger partial charge in [-0.3, -0.25) is 9.89 Å². The van der Waals surface area contributed by atoms with Gasteiger partial charge < -0.3 is 24.6 Å². The first-order chi connectivity index (χ1) is 18.5. The van der Waals surface area contributed by atoms with Crippen LogP contribution in [0.4, 0.5) is 0 Å². The van der Waals surface area contributed by atoms with Crippen molar-refractivity contribution >= 4 is 17.5 Å². The van der Waals surface area contributed by atoms with Crippen molar-refractivity contribution in [2.45, 2.75) is 26.0 Å². The number of nitrogens with one attached hydrogen (secondary N) is 1. The minimum absolute atomic E-state index is 0.00312. The number of halogens is 1. The number of carbonyl (C=O) groups is 1. The molecule has 0 saturated carbocycles. The number of aromatic hydroxyl groups is 1. The van der Waals surface area contributed by atoms with Gasteiger partial charge >= 0.3 is 0 Å². The first-order valence-electron chi connectivity index (χ1n) is 12.4. The van der Waals surface area contributed by atoms with Crippen LogP contribution in [0.5, 0.6) is 17.2 Å². The molecule has 1 atom stereocenters. The van der Waals surface area contributed by atoms with E-state index >= 15 is 0 Å². The molecule has 0 saturated heterocycles. The number of H-pyrrole nitrogens is 1. The Balaban J connectivity index is 1.57. The molecular formula is C29H28ClN3O5. The maximum absolute atomic E-state index is 13.4. The van der Waals surface area contributed by atoms with Gasteiger partial charge in [0.05, 0.1) is 12.6 Å². The molecule has 0 aliphatic carbocycles. The van der Waals surface area contributed by atoms with Crippen molar-refractivity contribution in [1.82, 2.24) is 15.1 Å².